The minimum atomic E-state index is -0.322. The maximum atomic E-state index is 11.6. The molecule has 0 aliphatic rings. The van der Waals surface area contributed by atoms with Gasteiger partial charge in [0.2, 0.25) is 5.91 Å². The van der Waals surface area contributed by atoms with Crippen molar-refractivity contribution in [1.82, 2.24) is 9.69 Å². The van der Waals surface area contributed by atoms with E-state index >= 15 is 0 Å². The SMILES string of the molecule is COCCNC(=O)C(C)Nc1cc(N)ns1. The Labute approximate surface area is 98.3 Å². The molecule has 1 unspecified atom stereocenters. The van der Waals surface area contributed by atoms with Gasteiger partial charge >= 0.3 is 0 Å². The van der Waals surface area contributed by atoms with Gasteiger partial charge in [0.05, 0.1) is 6.61 Å². The summed E-state index contributed by atoms with van der Waals surface area (Å²) in [6, 6.07) is 1.38. The van der Waals surface area contributed by atoms with Crippen molar-refractivity contribution in [2.24, 2.45) is 0 Å². The van der Waals surface area contributed by atoms with Crippen LogP contribution in [-0.4, -0.2) is 36.6 Å². The zero-order valence-electron chi connectivity index (χ0n) is 9.32. The summed E-state index contributed by atoms with van der Waals surface area (Å²) in [4.78, 5) is 11.6. The standard InChI is InChI=1S/C9H16N4O2S/c1-6(9(14)11-3-4-15-2)12-8-5-7(10)13-16-8/h5-6,12H,3-4H2,1-2H3,(H2,10,13)(H,11,14). The molecule has 1 rings (SSSR count). The number of methoxy groups -OCH3 is 1. The van der Waals surface area contributed by atoms with E-state index in [-0.39, 0.29) is 11.9 Å². The van der Waals surface area contributed by atoms with Gasteiger partial charge in [0.15, 0.2) is 0 Å². The molecule has 0 aliphatic carbocycles. The lowest BCUT2D eigenvalue weighted by molar-refractivity contribution is -0.121. The van der Waals surface area contributed by atoms with Crippen molar-refractivity contribution in [3.63, 3.8) is 0 Å². The van der Waals surface area contributed by atoms with Gasteiger partial charge in [-0.2, -0.15) is 4.37 Å². The van der Waals surface area contributed by atoms with Crippen molar-refractivity contribution in [2.45, 2.75) is 13.0 Å². The first-order chi connectivity index (χ1) is 7.63. The lowest BCUT2D eigenvalue weighted by Crippen LogP contribution is -2.38. The molecule has 0 spiro atoms. The predicted molar refractivity (Wildman–Crippen MR) is 64.5 cm³/mol. The Morgan fingerprint density at radius 3 is 3.06 bits per heavy atom. The fourth-order valence-corrected chi connectivity index (χ4v) is 1.72. The minimum absolute atomic E-state index is 0.0796. The Morgan fingerprint density at radius 1 is 1.75 bits per heavy atom. The summed E-state index contributed by atoms with van der Waals surface area (Å²) in [5.41, 5.74) is 5.47. The second kappa shape index (κ2) is 6.29. The van der Waals surface area contributed by atoms with Crippen LogP contribution in [0.3, 0.4) is 0 Å². The summed E-state index contributed by atoms with van der Waals surface area (Å²) in [6.07, 6.45) is 0. The first-order valence-corrected chi connectivity index (χ1v) is 5.66. The van der Waals surface area contributed by atoms with Crippen molar-refractivity contribution < 1.29 is 9.53 Å². The highest BCUT2D eigenvalue weighted by Crippen LogP contribution is 2.18. The number of nitrogens with two attached hydrogens (primary N) is 1. The zero-order chi connectivity index (χ0) is 12.0. The molecule has 90 valence electrons. The lowest BCUT2D eigenvalue weighted by Gasteiger charge is -2.13. The van der Waals surface area contributed by atoms with Gasteiger partial charge in [-0.1, -0.05) is 0 Å². The van der Waals surface area contributed by atoms with Crippen molar-refractivity contribution >= 4 is 28.3 Å². The average Bonchev–Trinajstić information content (AvgIpc) is 2.64. The van der Waals surface area contributed by atoms with Crippen LogP contribution in [0.25, 0.3) is 0 Å². The Bertz CT molecular complexity index is 342. The number of hydrogen-bond donors (Lipinski definition) is 3. The van der Waals surface area contributed by atoms with E-state index in [0.29, 0.717) is 19.0 Å². The van der Waals surface area contributed by atoms with Crippen LogP contribution >= 0.6 is 11.5 Å². The third-order valence-electron chi connectivity index (χ3n) is 1.89. The highest BCUT2D eigenvalue weighted by molar-refractivity contribution is 7.10. The fraction of sp³-hybridized carbons (Fsp3) is 0.556. The van der Waals surface area contributed by atoms with Crippen LogP contribution in [-0.2, 0) is 9.53 Å². The van der Waals surface area contributed by atoms with E-state index in [1.54, 1.807) is 20.1 Å². The number of carbonyl (C=O) groups excluding carboxylic acids is 1. The predicted octanol–water partition coefficient (Wildman–Crippen LogP) is 0.288. The summed E-state index contributed by atoms with van der Waals surface area (Å²) in [5, 5.41) is 6.53. The first kappa shape index (κ1) is 12.7. The number of anilines is 2. The van der Waals surface area contributed by atoms with Crippen LogP contribution in [0.1, 0.15) is 6.92 Å². The van der Waals surface area contributed by atoms with E-state index in [9.17, 15) is 4.79 Å². The summed E-state index contributed by atoms with van der Waals surface area (Å²) < 4.78 is 8.74. The number of nitrogens with one attached hydrogen (secondary N) is 2. The molecule has 1 heterocycles. The number of aromatic nitrogens is 1. The largest absolute Gasteiger partial charge is 0.383 e. The monoisotopic (exact) mass is 244 g/mol. The van der Waals surface area contributed by atoms with Crippen molar-refractivity contribution in [3.8, 4) is 0 Å². The lowest BCUT2D eigenvalue weighted by atomic mass is 10.3. The Kier molecular flexibility index (Phi) is 5.00. The Morgan fingerprint density at radius 2 is 2.50 bits per heavy atom. The molecule has 1 amide bonds. The van der Waals surface area contributed by atoms with Crippen molar-refractivity contribution in [3.05, 3.63) is 6.07 Å². The number of nitrogens with zero attached hydrogens (tertiary/aromatic N) is 1. The van der Waals surface area contributed by atoms with Crippen LogP contribution in [0.4, 0.5) is 10.8 Å². The number of ether oxygens (including phenoxy) is 1. The van der Waals surface area contributed by atoms with Gasteiger partial charge in [0.1, 0.15) is 16.9 Å². The average molecular weight is 244 g/mol. The third kappa shape index (κ3) is 4.03. The van der Waals surface area contributed by atoms with Gasteiger partial charge in [-0.3, -0.25) is 4.79 Å². The molecule has 0 radical (unpaired) electrons. The van der Waals surface area contributed by atoms with E-state index in [1.165, 1.54) is 11.5 Å². The van der Waals surface area contributed by atoms with Crippen LogP contribution < -0.4 is 16.4 Å². The summed E-state index contributed by atoms with van der Waals surface area (Å²) in [7, 11) is 1.59. The minimum Gasteiger partial charge on any atom is -0.383 e. The van der Waals surface area contributed by atoms with Gasteiger partial charge in [-0.25, -0.2) is 0 Å². The van der Waals surface area contributed by atoms with Crippen molar-refractivity contribution in [1.29, 1.82) is 0 Å². The van der Waals surface area contributed by atoms with Gasteiger partial charge in [0.25, 0.3) is 0 Å². The molecule has 1 aromatic rings. The molecule has 0 aromatic carbocycles. The highest BCUT2D eigenvalue weighted by atomic mass is 32.1. The quantitative estimate of drug-likeness (QED) is 0.626. The number of hydrogen-bond acceptors (Lipinski definition) is 6. The molecule has 7 heteroatoms. The van der Waals surface area contributed by atoms with Gasteiger partial charge in [0, 0.05) is 19.7 Å². The van der Waals surface area contributed by atoms with Crippen LogP contribution in [0, 0.1) is 0 Å². The van der Waals surface area contributed by atoms with Gasteiger partial charge in [-0.05, 0) is 18.5 Å². The zero-order valence-corrected chi connectivity index (χ0v) is 10.1. The normalized spacial score (nSPS) is 12.1. The van der Waals surface area contributed by atoms with Gasteiger partial charge in [-0.15, -0.1) is 0 Å². The maximum absolute atomic E-state index is 11.6. The summed E-state index contributed by atoms with van der Waals surface area (Å²) in [5.74, 6) is 0.378. The second-order valence-corrected chi connectivity index (χ2v) is 4.07. The van der Waals surface area contributed by atoms with Gasteiger partial charge < -0.3 is 21.1 Å². The molecule has 0 fully saturated rings. The molecule has 1 aromatic heterocycles. The molecule has 0 saturated carbocycles. The smallest absolute Gasteiger partial charge is 0.242 e. The van der Waals surface area contributed by atoms with Crippen LogP contribution in [0.5, 0.6) is 0 Å². The summed E-state index contributed by atoms with van der Waals surface area (Å²) >= 11 is 1.23. The van der Waals surface area contributed by atoms with E-state index in [0.717, 1.165) is 5.00 Å². The number of nitrogen functional groups attached to an aromatic ring is 1. The summed E-state index contributed by atoms with van der Waals surface area (Å²) in [6.45, 7) is 2.79. The number of carbonyl (C=O) groups is 1. The molecule has 6 nitrogen and oxygen atoms in total. The second-order valence-electron chi connectivity index (χ2n) is 3.27. The van der Waals surface area contributed by atoms with E-state index in [1.807, 2.05) is 0 Å². The maximum Gasteiger partial charge on any atom is 0.242 e. The molecular weight excluding hydrogens is 228 g/mol. The molecule has 0 bridgehead atoms. The molecule has 16 heavy (non-hydrogen) atoms. The van der Waals surface area contributed by atoms with Crippen LogP contribution in [0.2, 0.25) is 0 Å². The number of rotatable bonds is 6. The molecular formula is C9H16N4O2S. The fourth-order valence-electron chi connectivity index (χ4n) is 1.07. The molecule has 0 saturated heterocycles. The van der Waals surface area contributed by atoms with Crippen LogP contribution in [0.15, 0.2) is 6.07 Å². The van der Waals surface area contributed by atoms with E-state index < -0.39 is 0 Å². The Hall–Kier alpha value is -1.34. The van der Waals surface area contributed by atoms with Crippen molar-refractivity contribution in [2.75, 3.05) is 31.3 Å². The molecule has 4 N–H and O–H groups in total. The number of amides is 1. The first-order valence-electron chi connectivity index (χ1n) is 4.89. The topological polar surface area (TPSA) is 89.3 Å². The Balaban J connectivity index is 2.34. The molecule has 0 aliphatic heterocycles. The van der Waals surface area contributed by atoms with E-state index in [2.05, 4.69) is 15.0 Å². The highest BCUT2D eigenvalue weighted by Gasteiger charge is 2.12. The molecule has 1 atom stereocenters. The third-order valence-corrected chi connectivity index (χ3v) is 2.62. The van der Waals surface area contributed by atoms with E-state index in [4.69, 9.17) is 10.5 Å².